The molecule has 0 amide bonds. The highest BCUT2D eigenvalue weighted by molar-refractivity contribution is 5.58. The van der Waals surface area contributed by atoms with E-state index in [1.165, 1.54) is 0 Å². The third kappa shape index (κ3) is 3.60. The molecule has 0 aliphatic carbocycles. The Bertz CT molecular complexity index is 450. The van der Waals surface area contributed by atoms with Crippen molar-refractivity contribution in [3.8, 4) is 0 Å². The van der Waals surface area contributed by atoms with Crippen LogP contribution in [-0.2, 0) is 5.41 Å². The highest BCUT2D eigenvalue weighted by Gasteiger charge is 2.23. The molecule has 1 atom stereocenters. The van der Waals surface area contributed by atoms with Crippen molar-refractivity contribution in [1.29, 1.82) is 0 Å². The van der Waals surface area contributed by atoms with E-state index >= 15 is 0 Å². The van der Waals surface area contributed by atoms with E-state index in [0.29, 0.717) is 11.9 Å². The first-order valence-corrected chi connectivity index (χ1v) is 7.30. The van der Waals surface area contributed by atoms with Gasteiger partial charge in [0.05, 0.1) is 0 Å². The summed E-state index contributed by atoms with van der Waals surface area (Å²) in [7, 11) is 2.09. The monoisotopic (exact) mass is 279 g/mol. The van der Waals surface area contributed by atoms with Crippen molar-refractivity contribution >= 4 is 11.6 Å². The van der Waals surface area contributed by atoms with Crippen LogP contribution in [0.25, 0.3) is 0 Å². The van der Waals surface area contributed by atoms with E-state index in [1.54, 1.807) is 0 Å². The van der Waals surface area contributed by atoms with Gasteiger partial charge in [-0.2, -0.15) is 0 Å². The summed E-state index contributed by atoms with van der Waals surface area (Å²) in [5.74, 6) is 8.08. The molecule has 0 spiro atoms. The fourth-order valence-corrected chi connectivity index (χ4v) is 2.14. The molecule has 1 unspecified atom stereocenters. The van der Waals surface area contributed by atoms with Gasteiger partial charge in [-0.3, -0.25) is 0 Å². The van der Waals surface area contributed by atoms with Crippen LogP contribution in [0.5, 0.6) is 0 Å². The Labute approximate surface area is 123 Å². The lowest BCUT2D eigenvalue weighted by molar-refractivity contribution is 0.540. The zero-order chi connectivity index (χ0) is 15.5. The second-order valence-corrected chi connectivity index (χ2v) is 6.49. The van der Waals surface area contributed by atoms with Gasteiger partial charge in [0.15, 0.2) is 0 Å². The third-order valence-corrected chi connectivity index (χ3v) is 3.63. The van der Waals surface area contributed by atoms with Gasteiger partial charge in [0.2, 0.25) is 0 Å². The van der Waals surface area contributed by atoms with E-state index in [-0.39, 0.29) is 5.41 Å². The molecule has 0 aromatic carbocycles. The molecule has 114 valence electrons. The van der Waals surface area contributed by atoms with Crippen LogP contribution in [0, 0.1) is 6.92 Å². The van der Waals surface area contributed by atoms with Crippen molar-refractivity contribution < 1.29 is 0 Å². The second-order valence-electron chi connectivity index (χ2n) is 6.49. The van der Waals surface area contributed by atoms with Crippen LogP contribution in [-0.4, -0.2) is 23.1 Å². The molecule has 5 heteroatoms. The standard InChI is InChI=1S/C15H29N5/c1-8-9-10(2)20(7)13-11(3)12(19-16)17-14(18-13)15(4,5)6/h10H,8-9,16H2,1-7H3,(H,17,18,19). The van der Waals surface area contributed by atoms with E-state index in [4.69, 9.17) is 10.8 Å². The van der Waals surface area contributed by atoms with Gasteiger partial charge in [0.1, 0.15) is 17.5 Å². The van der Waals surface area contributed by atoms with Crippen LogP contribution < -0.4 is 16.2 Å². The lowest BCUT2D eigenvalue weighted by Gasteiger charge is -2.29. The molecule has 0 bridgehead atoms. The molecule has 20 heavy (non-hydrogen) atoms. The number of anilines is 2. The molecule has 0 aliphatic heterocycles. The zero-order valence-corrected chi connectivity index (χ0v) is 13.9. The van der Waals surface area contributed by atoms with Crippen molar-refractivity contribution in [2.24, 2.45) is 5.84 Å². The smallest absolute Gasteiger partial charge is 0.148 e. The van der Waals surface area contributed by atoms with Gasteiger partial charge < -0.3 is 10.3 Å². The normalized spacial score (nSPS) is 13.2. The molecule has 5 nitrogen and oxygen atoms in total. The Kier molecular flexibility index (Phi) is 5.34. The summed E-state index contributed by atoms with van der Waals surface area (Å²) in [5.41, 5.74) is 3.58. The Morgan fingerprint density at radius 2 is 1.90 bits per heavy atom. The summed E-state index contributed by atoms with van der Waals surface area (Å²) in [6.45, 7) is 12.7. The average Bonchev–Trinajstić information content (AvgIpc) is 2.37. The second kappa shape index (κ2) is 6.39. The molecule has 0 aliphatic rings. The van der Waals surface area contributed by atoms with Crippen LogP contribution in [0.3, 0.4) is 0 Å². The SMILES string of the molecule is CCCC(C)N(C)c1nc(C(C)(C)C)nc(NN)c1C. The topological polar surface area (TPSA) is 67.1 Å². The summed E-state index contributed by atoms with van der Waals surface area (Å²) in [5, 5.41) is 0. The fourth-order valence-electron chi connectivity index (χ4n) is 2.14. The lowest BCUT2D eigenvalue weighted by Crippen LogP contribution is -2.32. The minimum Gasteiger partial charge on any atom is -0.357 e. The Morgan fingerprint density at radius 1 is 1.30 bits per heavy atom. The number of aromatic nitrogens is 2. The number of hydrazine groups is 1. The molecule has 0 saturated carbocycles. The summed E-state index contributed by atoms with van der Waals surface area (Å²) in [4.78, 5) is 11.5. The first-order chi connectivity index (χ1) is 9.22. The van der Waals surface area contributed by atoms with Crippen molar-refractivity contribution in [3.05, 3.63) is 11.4 Å². The Balaban J connectivity index is 3.30. The molecule has 0 saturated heterocycles. The molecule has 1 aromatic heterocycles. The number of nitrogens with two attached hydrogens (primary N) is 1. The number of rotatable bonds is 5. The van der Waals surface area contributed by atoms with E-state index < -0.39 is 0 Å². The first kappa shape index (κ1) is 16.7. The molecule has 0 radical (unpaired) electrons. The van der Waals surface area contributed by atoms with E-state index in [1.807, 2.05) is 6.92 Å². The van der Waals surface area contributed by atoms with Gasteiger partial charge >= 0.3 is 0 Å². The van der Waals surface area contributed by atoms with Crippen LogP contribution >= 0.6 is 0 Å². The highest BCUT2D eigenvalue weighted by Crippen LogP contribution is 2.28. The molecular formula is C15H29N5. The van der Waals surface area contributed by atoms with E-state index in [0.717, 1.165) is 30.0 Å². The van der Waals surface area contributed by atoms with Crippen LogP contribution in [0.1, 0.15) is 58.8 Å². The van der Waals surface area contributed by atoms with E-state index in [9.17, 15) is 0 Å². The van der Waals surface area contributed by atoms with Crippen LogP contribution in [0.15, 0.2) is 0 Å². The first-order valence-electron chi connectivity index (χ1n) is 7.30. The van der Waals surface area contributed by atoms with Gasteiger partial charge in [-0.1, -0.05) is 34.1 Å². The van der Waals surface area contributed by atoms with Gasteiger partial charge in [-0.25, -0.2) is 15.8 Å². The number of nitrogens with one attached hydrogen (secondary N) is 1. The molecular weight excluding hydrogens is 250 g/mol. The molecule has 3 N–H and O–H groups in total. The maximum atomic E-state index is 5.61. The number of nitrogen functional groups attached to an aromatic ring is 1. The summed E-state index contributed by atoms with van der Waals surface area (Å²) in [6.07, 6.45) is 2.29. The average molecular weight is 279 g/mol. The fraction of sp³-hybridized carbons (Fsp3) is 0.733. The summed E-state index contributed by atoms with van der Waals surface area (Å²) < 4.78 is 0. The third-order valence-electron chi connectivity index (χ3n) is 3.63. The van der Waals surface area contributed by atoms with Crippen molar-refractivity contribution in [1.82, 2.24) is 9.97 Å². The quantitative estimate of drug-likeness (QED) is 0.640. The van der Waals surface area contributed by atoms with Crippen molar-refractivity contribution in [2.75, 3.05) is 17.4 Å². The highest BCUT2D eigenvalue weighted by atomic mass is 15.3. The van der Waals surface area contributed by atoms with Crippen molar-refractivity contribution in [2.45, 2.75) is 65.8 Å². The maximum absolute atomic E-state index is 5.61. The predicted octanol–water partition coefficient (Wildman–Crippen LogP) is 2.99. The predicted molar refractivity (Wildman–Crippen MR) is 86.1 cm³/mol. The maximum Gasteiger partial charge on any atom is 0.148 e. The number of hydrogen-bond donors (Lipinski definition) is 2. The van der Waals surface area contributed by atoms with Crippen LogP contribution in [0.2, 0.25) is 0 Å². The summed E-state index contributed by atoms with van der Waals surface area (Å²) >= 11 is 0. The Morgan fingerprint density at radius 3 is 2.35 bits per heavy atom. The van der Waals surface area contributed by atoms with Crippen LogP contribution in [0.4, 0.5) is 11.6 Å². The number of nitrogens with zero attached hydrogens (tertiary/aromatic N) is 3. The minimum absolute atomic E-state index is 0.108. The van der Waals surface area contributed by atoms with Gasteiger partial charge in [-0.15, -0.1) is 0 Å². The molecule has 0 fully saturated rings. The van der Waals surface area contributed by atoms with E-state index in [2.05, 4.69) is 57.0 Å². The van der Waals surface area contributed by atoms with Gasteiger partial charge in [0.25, 0.3) is 0 Å². The lowest BCUT2D eigenvalue weighted by atomic mass is 9.95. The zero-order valence-electron chi connectivity index (χ0n) is 13.9. The largest absolute Gasteiger partial charge is 0.357 e. The van der Waals surface area contributed by atoms with Gasteiger partial charge in [-0.05, 0) is 20.3 Å². The van der Waals surface area contributed by atoms with Gasteiger partial charge in [0, 0.05) is 24.1 Å². The summed E-state index contributed by atoms with van der Waals surface area (Å²) in [6, 6.07) is 0.437. The Hall–Kier alpha value is -1.36. The van der Waals surface area contributed by atoms with Crippen molar-refractivity contribution in [3.63, 3.8) is 0 Å². The molecule has 1 rings (SSSR count). The number of hydrogen-bond acceptors (Lipinski definition) is 5. The minimum atomic E-state index is -0.108. The molecule has 1 heterocycles. The molecule has 1 aromatic rings.